The lowest BCUT2D eigenvalue weighted by molar-refractivity contribution is -0.109. The molecule has 0 saturated heterocycles. The van der Waals surface area contributed by atoms with Crippen LogP contribution in [0.25, 0.3) is 0 Å². The van der Waals surface area contributed by atoms with E-state index in [9.17, 15) is 18.0 Å². The predicted molar refractivity (Wildman–Crippen MR) is 41.1 cm³/mol. The number of hydrogen-bond donors (Lipinski definition) is 1. The molecule has 1 N–H and O–H groups in total. The predicted octanol–water partition coefficient (Wildman–Crippen LogP) is 1.73. The first-order valence-corrected chi connectivity index (χ1v) is 3.65. The van der Waals surface area contributed by atoms with Gasteiger partial charge in [-0.2, -0.15) is 13.2 Å². The van der Waals surface area contributed by atoms with Gasteiger partial charge >= 0.3 is 6.18 Å². The lowest BCUT2D eigenvalue weighted by Crippen LogP contribution is -2.38. The van der Waals surface area contributed by atoms with E-state index in [1.165, 1.54) is 0 Å². The highest BCUT2D eigenvalue weighted by atomic mass is 35.5. The van der Waals surface area contributed by atoms with Crippen LogP contribution in [-0.2, 0) is 4.79 Å². The zero-order valence-electron chi connectivity index (χ0n) is 6.23. The van der Waals surface area contributed by atoms with Crippen molar-refractivity contribution in [3.05, 3.63) is 23.9 Å². The fourth-order valence-electron chi connectivity index (χ4n) is 0.745. The third kappa shape index (κ3) is 2.24. The zero-order chi connectivity index (χ0) is 10.1. The summed E-state index contributed by atoms with van der Waals surface area (Å²) in [5.41, 5.74) is -0.870. The van der Waals surface area contributed by atoms with Crippen molar-refractivity contribution in [3.63, 3.8) is 0 Å². The Hall–Kier alpha value is -0.970. The highest BCUT2D eigenvalue weighted by Crippen LogP contribution is 2.29. The molecule has 0 fully saturated rings. The van der Waals surface area contributed by atoms with Crippen molar-refractivity contribution in [2.75, 3.05) is 0 Å². The van der Waals surface area contributed by atoms with Gasteiger partial charge in [-0.25, -0.2) is 0 Å². The van der Waals surface area contributed by atoms with E-state index >= 15 is 0 Å². The number of nitrogens with one attached hydrogen (secondary N) is 1. The molecule has 0 aromatic carbocycles. The maximum absolute atomic E-state index is 12.0. The normalized spacial score (nSPS) is 27.8. The van der Waals surface area contributed by atoms with Crippen molar-refractivity contribution in [1.82, 2.24) is 5.32 Å². The molecule has 13 heavy (non-hydrogen) atoms. The number of rotatable bonds is 1. The van der Waals surface area contributed by atoms with Crippen molar-refractivity contribution < 1.29 is 18.0 Å². The highest BCUT2D eigenvalue weighted by molar-refractivity contribution is 6.33. The molecular formula is C7H5ClF3NO. The number of carbonyl (C=O) groups is 1. The molecule has 0 spiro atoms. The van der Waals surface area contributed by atoms with Crippen molar-refractivity contribution in [1.29, 1.82) is 0 Å². The van der Waals surface area contributed by atoms with Gasteiger partial charge in [0, 0.05) is 6.20 Å². The molecule has 0 aromatic rings. The molecule has 72 valence electrons. The van der Waals surface area contributed by atoms with Crippen LogP contribution >= 0.6 is 11.6 Å². The lowest BCUT2D eigenvalue weighted by atomic mass is 10.1. The number of halogens is 4. The smallest absolute Gasteiger partial charge is 0.363 e. The zero-order valence-corrected chi connectivity index (χ0v) is 6.99. The summed E-state index contributed by atoms with van der Waals surface area (Å²) in [5, 5.41) is 2.13. The van der Waals surface area contributed by atoms with Gasteiger partial charge in [0.05, 0.1) is 5.57 Å². The van der Waals surface area contributed by atoms with Crippen LogP contribution in [0.3, 0.4) is 0 Å². The van der Waals surface area contributed by atoms with E-state index in [0.29, 0.717) is 12.5 Å². The SMILES string of the molecule is O=CC1(Cl)C=CC(C(F)(F)F)=CN1. The minimum Gasteiger partial charge on any atom is -0.363 e. The Morgan fingerprint density at radius 2 is 2.15 bits per heavy atom. The molecule has 0 bridgehead atoms. The van der Waals surface area contributed by atoms with Crippen molar-refractivity contribution in [3.8, 4) is 0 Å². The van der Waals surface area contributed by atoms with Crippen LogP contribution in [0.1, 0.15) is 0 Å². The Morgan fingerprint density at radius 3 is 2.46 bits per heavy atom. The average Bonchev–Trinajstić information content (AvgIpc) is 2.04. The minimum absolute atomic E-state index is 0.314. The van der Waals surface area contributed by atoms with Gasteiger partial charge in [0.25, 0.3) is 0 Å². The summed E-state index contributed by atoms with van der Waals surface area (Å²) in [6.45, 7) is 0. The number of dihydropyridines is 1. The van der Waals surface area contributed by atoms with E-state index in [0.717, 1.165) is 12.2 Å². The van der Waals surface area contributed by atoms with Gasteiger partial charge in [0.15, 0.2) is 11.3 Å². The molecule has 0 saturated carbocycles. The monoisotopic (exact) mass is 211 g/mol. The fourth-order valence-corrected chi connectivity index (χ4v) is 0.863. The number of alkyl halides is 4. The molecule has 1 rings (SSSR count). The summed E-state index contributed by atoms with van der Waals surface area (Å²) >= 11 is 5.50. The standard InChI is InChI=1S/C7H5ClF3NO/c8-6(4-13)2-1-5(3-12-6)7(9,10)11/h1-4,12H. The fraction of sp³-hybridized carbons (Fsp3) is 0.286. The van der Waals surface area contributed by atoms with E-state index in [1.54, 1.807) is 0 Å². The summed E-state index contributed by atoms with van der Waals surface area (Å²) in [6, 6.07) is 0. The summed E-state index contributed by atoms with van der Waals surface area (Å²) in [7, 11) is 0. The number of carbonyl (C=O) groups excluding carboxylic acids is 1. The van der Waals surface area contributed by atoms with E-state index in [2.05, 4.69) is 5.32 Å². The van der Waals surface area contributed by atoms with Crippen LogP contribution in [0.2, 0.25) is 0 Å². The van der Waals surface area contributed by atoms with E-state index < -0.39 is 16.7 Å². The van der Waals surface area contributed by atoms with Crippen LogP contribution in [0, 0.1) is 0 Å². The van der Waals surface area contributed by atoms with Crippen LogP contribution in [-0.4, -0.2) is 17.5 Å². The van der Waals surface area contributed by atoms with Crippen LogP contribution < -0.4 is 5.32 Å². The van der Waals surface area contributed by atoms with Crippen molar-refractivity contribution in [2.24, 2.45) is 0 Å². The quantitative estimate of drug-likeness (QED) is 0.407. The summed E-state index contributed by atoms with van der Waals surface area (Å²) < 4.78 is 36.0. The minimum atomic E-state index is -4.43. The molecule has 1 atom stereocenters. The van der Waals surface area contributed by atoms with Crippen molar-refractivity contribution in [2.45, 2.75) is 11.2 Å². The van der Waals surface area contributed by atoms with Crippen LogP contribution in [0.4, 0.5) is 13.2 Å². The average molecular weight is 212 g/mol. The highest BCUT2D eigenvalue weighted by Gasteiger charge is 2.35. The molecule has 1 unspecified atom stereocenters. The molecule has 0 aromatic heterocycles. The molecule has 1 aliphatic heterocycles. The second kappa shape index (κ2) is 3.06. The first kappa shape index (κ1) is 10.1. The lowest BCUT2D eigenvalue weighted by Gasteiger charge is -2.22. The maximum atomic E-state index is 12.0. The van der Waals surface area contributed by atoms with Gasteiger partial charge in [-0.1, -0.05) is 11.6 Å². The molecule has 6 heteroatoms. The largest absolute Gasteiger partial charge is 0.417 e. The van der Waals surface area contributed by atoms with Gasteiger partial charge in [-0.3, -0.25) is 4.79 Å². The van der Waals surface area contributed by atoms with Gasteiger partial charge in [0.2, 0.25) is 0 Å². The van der Waals surface area contributed by atoms with E-state index in [-0.39, 0.29) is 0 Å². The third-order valence-corrected chi connectivity index (χ3v) is 1.78. The van der Waals surface area contributed by atoms with Gasteiger partial charge < -0.3 is 5.32 Å². The topological polar surface area (TPSA) is 29.1 Å². The Bertz CT molecular complexity index is 284. The van der Waals surface area contributed by atoms with Gasteiger partial charge in [0.1, 0.15) is 0 Å². The second-order valence-electron chi connectivity index (χ2n) is 2.46. The van der Waals surface area contributed by atoms with Crippen LogP contribution in [0.5, 0.6) is 0 Å². The number of allylic oxidation sites excluding steroid dienone is 2. The Balaban J connectivity index is 2.82. The number of hydrogen-bond acceptors (Lipinski definition) is 2. The molecule has 2 nitrogen and oxygen atoms in total. The Labute approximate surface area is 77.1 Å². The number of aldehydes is 1. The molecule has 1 heterocycles. The Kier molecular flexibility index (Phi) is 2.38. The molecule has 0 radical (unpaired) electrons. The van der Waals surface area contributed by atoms with Gasteiger partial charge in [-0.15, -0.1) is 0 Å². The van der Waals surface area contributed by atoms with E-state index in [1.807, 2.05) is 0 Å². The molecule has 0 amide bonds. The summed E-state index contributed by atoms with van der Waals surface area (Å²) in [4.78, 5) is 8.73. The van der Waals surface area contributed by atoms with Crippen LogP contribution in [0.15, 0.2) is 23.9 Å². The molecule has 1 aliphatic rings. The van der Waals surface area contributed by atoms with Gasteiger partial charge in [-0.05, 0) is 12.2 Å². The van der Waals surface area contributed by atoms with Crippen molar-refractivity contribution >= 4 is 17.9 Å². The summed E-state index contributed by atoms with van der Waals surface area (Å²) in [5.74, 6) is 0. The third-order valence-electron chi connectivity index (χ3n) is 1.45. The molecule has 0 aliphatic carbocycles. The summed E-state index contributed by atoms with van der Waals surface area (Å²) in [6.07, 6.45) is -1.73. The Morgan fingerprint density at radius 1 is 1.54 bits per heavy atom. The second-order valence-corrected chi connectivity index (χ2v) is 3.09. The first-order valence-electron chi connectivity index (χ1n) is 3.27. The van der Waals surface area contributed by atoms with E-state index in [4.69, 9.17) is 11.6 Å². The first-order chi connectivity index (χ1) is 5.87. The molecular weight excluding hydrogens is 207 g/mol. The maximum Gasteiger partial charge on any atom is 0.417 e.